The molecular weight excluding hydrogens is 390 g/mol. The van der Waals surface area contributed by atoms with E-state index in [1.807, 2.05) is 42.8 Å². The maximum Gasteiger partial charge on any atom is 0.319 e. The predicted octanol–water partition coefficient (Wildman–Crippen LogP) is 2.50. The van der Waals surface area contributed by atoms with Crippen LogP contribution in [-0.4, -0.2) is 30.8 Å². The number of amides is 2. The van der Waals surface area contributed by atoms with Crippen LogP contribution in [0.3, 0.4) is 0 Å². The summed E-state index contributed by atoms with van der Waals surface area (Å²) in [6, 6.07) is 15.4. The highest BCUT2D eigenvalue weighted by molar-refractivity contribution is 7.89. The molecule has 2 aromatic carbocycles. The van der Waals surface area contributed by atoms with Crippen molar-refractivity contribution in [3.63, 3.8) is 0 Å². The van der Waals surface area contributed by atoms with E-state index in [-0.39, 0.29) is 10.9 Å². The Morgan fingerprint density at radius 3 is 2.45 bits per heavy atom. The van der Waals surface area contributed by atoms with Gasteiger partial charge in [0, 0.05) is 17.9 Å². The number of hydrogen-bond donors (Lipinski definition) is 3. The number of hydrogen-bond acceptors (Lipinski definition) is 4. The van der Waals surface area contributed by atoms with Crippen LogP contribution >= 0.6 is 0 Å². The van der Waals surface area contributed by atoms with E-state index < -0.39 is 10.0 Å². The van der Waals surface area contributed by atoms with Crippen LogP contribution in [0, 0.1) is 13.8 Å². The summed E-state index contributed by atoms with van der Waals surface area (Å²) in [6.07, 6.45) is 0.560. The lowest BCUT2D eigenvalue weighted by atomic mass is 10.1. The molecule has 0 saturated carbocycles. The number of nitrogens with two attached hydrogens (primary N) is 1. The van der Waals surface area contributed by atoms with Crippen LogP contribution in [0.15, 0.2) is 59.5 Å². The van der Waals surface area contributed by atoms with Crippen LogP contribution in [0.5, 0.6) is 0 Å². The second-order valence-corrected chi connectivity index (χ2v) is 8.27. The van der Waals surface area contributed by atoms with Crippen molar-refractivity contribution in [1.29, 1.82) is 0 Å². The lowest BCUT2D eigenvalue weighted by Gasteiger charge is -2.10. The molecule has 9 heteroatoms. The zero-order valence-corrected chi connectivity index (χ0v) is 17.0. The summed E-state index contributed by atoms with van der Waals surface area (Å²) in [4.78, 5) is 12.2. The van der Waals surface area contributed by atoms with E-state index >= 15 is 0 Å². The molecule has 3 aromatic rings. The van der Waals surface area contributed by atoms with Gasteiger partial charge >= 0.3 is 6.03 Å². The number of carbonyl (C=O) groups excluding carboxylic acids is 1. The number of aryl methyl sites for hydroxylation is 2. The molecule has 0 atom stereocenters. The second kappa shape index (κ2) is 8.46. The third-order valence-corrected chi connectivity index (χ3v) is 5.24. The van der Waals surface area contributed by atoms with E-state index in [4.69, 9.17) is 5.14 Å². The van der Waals surface area contributed by atoms with Gasteiger partial charge in [-0.05, 0) is 62.2 Å². The molecule has 3 rings (SSSR count). The number of carbonyl (C=O) groups is 1. The van der Waals surface area contributed by atoms with Crippen molar-refractivity contribution in [2.75, 3.05) is 11.9 Å². The zero-order chi connectivity index (χ0) is 21.0. The van der Waals surface area contributed by atoms with Gasteiger partial charge in [-0.1, -0.05) is 18.2 Å². The van der Waals surface area contributed by atoms with Gasteiger partial charge in [0.25, 0.3) is 0 Å². The van der Waals surface area contributed by atoms with E-state index in [1.165, 1.54) is 12.1 Å². The summed E-state index contributed by atoms with van der Waals surface area (Å²) < 4.78 is 24.3. The number of urea groups is 1. The Balaban J connectivity index is 1.55. The molecule has 1 heterocycles. The fourth-order valence-electron chi connectivity index (χ4n) is 2.95. The summed E-state index contributed by atoms with van der Waals surface area (Å²) in [7, 11) is -3.70. The molecule has 2 amide bonds. The number of sulfonamides is 1. The quantitative estimate of drug-likeness (QED) is 0.575. The van der Waals surface area contributed by atoms with Crippen LogP contribution in [0.1, 0.15) is 17.0 Å². The highest BCUT2D eigenvalue weighted by Gasteiger charge is 2.08. The van der Waals surface area contributed by atoms with Crippen LogP contribution < -0.4 is 15.8 Å². The Morgan fingerprint density at radius 1 is 1.10 bits per heavy atom. The topological polar surface area (TPSA) is 119 Å². The molecule has 4 N–H and O–H groups in total. The molecule has 0 saturated heterocycles. The maximum absolute atomic E-state index is 12.2. The van der Waals surface area contributed by atoms with E-state index in [9.17, 15) is 13.2 Å². The third-order valence-electron chi connectivity index (χ3n) is 4.31. The zero-order valence-electron chi connectivity index (χ0n) is 16.2. The van der Waals surface area contributed by atoms with Crippen LogP contribution in [0.2, 0.25) is 0 Å². The summed E-state index contributed by atoms with van der Waals surface area (Å²) in [5, 5.41) is 15.1. The summed E-state index contributed by atoms with van der Waals surface area (Å²) in [5.74, 6) is 0. The minimum Gasteiger partial charge on any atom is -0.338 e. The number of benzene rings is 2. The lowest BCUT2D eigenvalue weighted by Crippen LogP contribution is -2.30. The number of nitrogens with one attached hydrogen (secondary N) is 2. The Bertz CT molecular complexity index is 1120. The Hall–Kier alpha value is -3.17. The van der Waals surface area contributed by atoms with Gasteiger partial charge in [-0.2, -0.15) is 5.10 Å². The molecule has 0 aliphatic heterocycles. The largest absolute Gasteiger partial charge is 0.338 e. The Labute approximate surface area is 169 Å². The normalized spacial score (nSPS) is 11.3. The minimum atomic E-state index is -3.70. The molecule has 1 aromatic heterocycles. The van der Waals surface area contributed by atoms with Gasteiger partial charge in [0.1, 0.15) is 0 Å². The first-order valence-electron chi connectivity index (χ1n) is 9.03. The lowest BCUT2D eigenvalue weighted by molar-refractivity contribution is 0.252. The molecule has 8 nitrogen and oxygen atoms in total. The molecule has 0 unspecified atom stereocenters. The summed E-state index contributed by atoms with van der Waals surface area (Å²) in [6.45, 7) is 4.31. The first kappa shape index (κ1) is 20.6. The molecule has 29 heavy (non-hydrogen) atoms. The van der Waals surface area contributed by atoms with Crippen molar-refractivity contribution in [3.05, 3.63) is 71.5 Å². The van der Waals surface area contributed by atoms with E-state index in [1.54, 1.807) is 18.2 Å². The smallest absolute Gasteiger partial charge is 0.319 e. The highest BCUT2D eigenvalue weighted by atomic mass is 32.2. The Kier molecular flexibility index (Phi) is 6.00. The minimum absolute atomic E-state index is 0.0643. The number of primary sulfonamides is 1. The molecule has 0 aliphatic carbocycles. The number of aromatic nitrogens is 2. The van der Waals surface area contributed by atoms with Gasteiger partial charge in [-0.3, -0.25) is 0 Å². The first-order valence-corrected chi connectivity index (χ1v) is 10.6. The SMILES string of the molecule is Cc1cc(C)n(-c2cccc(NC(=O)NCCc3ccc(S(N)(=O)=O)cc3)c2)n1. The van der Waals surface area contributed by atoms with Crippen molar-refractivity contribution < 1.29 is 13.2 Å². The molecule has 152 valence electrons. The fourth-order valence-corrected chi connectivity index (χ4v) is 3.46. The third kappa shape index (κ3) is 5.43. The number of anilines is 1. The van der Waals surface area contributed by atoms with Crippen LogP contribution in [0.25, 0.3) is 5.69 Å². The van der Waals surface area contributed by atoms with E-state index in [0.717, 1.165) is 22.6 Å². The van der Waals surface area contributed by atoms with Crippen molar-refractivity contribution in [1.82, 2.24) is 15.1 Å². The second-order valence-electron chi connectivity index (χ2n) is 6.71. The fraction of sp³-hybridized carbons (Fsp3) is 0.200. The van der Waals surface area contributed by atoms with E-state index in [2.05, 4.69) is 15.7 Å². The predicted molar refractivity (Wildman–Crippen MR) is 112 cm³/mol. The van der Waals surface area contributed by atoms with Crippen LogP contribution in [0.4, 0.5) is 10.5 Å². The van der Waals surface area contributed by atoms with Crippen molar-refractivity contribution >= 4 is 21.7 Å². The molecule has 0 aliphatic rings. The van der Waals surface area contributed by atoms with Crippen molar-refractivity contribution in [3.8, 4) is 5.69 Å². The average molecular weight is 414 g/mol. The average Bonchev–Trinajstić information content (AvgIpc) is 3.00. The van der Waals surface area contributed by atoms with Gasteiger partial charge in [-0.25, -0.2) is 23.0 Å². The first-order chi connectivity index (χ1) is 13.7. The van der Waals surface area contributed by atoms with Crippen LogP contribution in [-0.2, 0) is 16.4 Å². The number of nitrogens with zero attached hydrogens (tertiary/aromatic N) is 2. The van der Waals surface area contributed by atoms with Gasteiger partial charge in [0.2, 0.25) is 10.0 Å². The van der Waals surface area contributed by atoms with Crippen molar-refractivity contribution in [2.45, 2.75) is 25.2 Å². The molecule has 0 spiro atoms. The Morgan fingerprint density at radius 2 is 1.83 bits per heavy atom. The highest BCUT2D eigenvalue weighted by Crippen LogP contribution is 2.16. The molecule has 0 fully saturated rings. The number of rotatable bonds is 6. The summed E-state index contributed by atoms with van der Waals surface area (Å²) in [5.41, 5.74) is 4.35. The van der Waals surface area contributed by atoms with Gasteiger partial charge in [-0.15, -0.1) is 0 Å². The molecule has 0 bridgehead atoms. The van der Waals surface area contributed by atoms with Gasteiger partial charge in [0.05, 0.1) is 16.3 Å². The maximum atomic E-state index is 12.2. The molecular formula is C20H23N5O3S. The van der Waals surface area contributed by atoms with Gasteiger partial charge in [0.15, 0.2) is 0 Å². The van der Waals surface area contributed by atoms with Gasteiger partial charge < -0.3 is 10.6 Å². The monoisotopic (exact) mass is 413 g/mol. The molecule has 0 radical (unpaired) electrons. The van der Waals surface area contributed by atoms with E-state index in [0.29, 0.717) is 18.7 Å². The summed E-state index contributed by atoms with van der Waals surface area (Å²) >= 11 is 0. The standard InChI is InChI=1S/C20H23N5O3S/c1-14-12-15(2)25(24-14)18-5-3-4-17(13-18)23-20(26)22-11-10-16-6-8-19(9-7-16)29(21,27)28/h3-9,12-13H,10-11H2,1-2H3,(H2,21,27,28)(H2,22,23,26). The van der Waals surface area contributed by atoms with Crippen molar-refractivity contribution in [2.24, 2.45) is 5.14 Å².